The number of pyridine rings is 1. The van der Waals surface area contributed by atoms with E-state index < -0.39 is 21.1 Å². The number of hydrogen-bond acceptors (Lipinski definition) is 4. The molecule has 1 aromatic rings. The van der Waals surface area contributed by atoms with E-state index in [-0.39, 0.29) is 12.3 Å². The van der Waals surface area contributed by atoms with Crippen LogP contribution in [-0.2, 0) is 9.84 Å². The van der Waals surface area contributed by atoms with Crippen LogP contribution in [0.1, 0.15) is 12.8 Å². The number of amides is 2. The maximum absolute atomic E-state index is 11.6. The van der Waals surface area contributed by atoms with Crippen LogP contribution in [0.15, 0.2) is 24.5 Å². The first-order valence-corrected chi connectivity index (χ1v) is 7.46. The third kappa shape index (κ3) is 3.19. The molecule has 0 aromatic carbocycles. The zero-order valence-corrected chi connectivity index (χ0v) is 10.6. The topological polar surface area (TPSA) is 88.2 Å². The Labute approximate surface area is 106 Å². The fourth-order valence-electron chi connectivity index (χ4n) is 1.91. The van der Waals surface area contributed by atoms with E-state index in [1.54, 1.807) is 18.3 Å². The summed E-state index contributed by atoms with van der Waals surface area (Å²) < 4.78 is 23.1. The van der Waals surface area contributed by atoms with E-state index in [1.165, 1.54) is 6.20 Å². The van der Waals surface area contributed by atoms with Gasteiger partial charge in [0, 0.05) is 12.7 Å². The van der Waals surface area contributed by atoms with Gasteiger partial charge in [0.15, 0.2) is 9.84 Å². The molecule has 0 radical (unpaired) electrons. The summed E-state index contributed by atoms with van der Waals surface area (Å²) in [6, 6.07) is 3.00. The molecule has 6 nitrogen and oxygen atoms in total. The number of hydrogen-bond donors (Lipinski definition) is 2. The van der Waals surface area contributed by atoms with Crippen molar-refractivity contribution in [3.8, 4) is 0 Å². The van der Waals surface area contributed by atoms with Crippen LogP contribution in [0.5, 0.6) is 0 Å². The third-order valence-electron chi connectivity index (χ3n) is 2.87. The number of carbonyl (C=O) groups is 1. The van der Waals surface area contributed by atoms with E-state index in [0.29, 0.717) is 18.5 Å². The standard InChI is InChI=1S/C11H15N3O3S/c15-11(14-9-3-1-5-12-7-9)13-8-10-4-2-6-18(10,16)17/h1,3,5,7,10H,2,4,6,8H2,(H2,13,14,15). The molecule has 2 N–H and O–H groups in total. The van der Waals surface area contributed by atoms with Gasteiger partial charge in [-0.15, -0.1) is 0 Å². The molecular formula is C11H15N3O3S. The van der Waals surface area contributed by atoms with Gasteiger partial charge in [0.1, 0.15) is 0 Å². The van der Waals surface area contributed by atoms with Gasteiger partial charge in [0.05, 0.1) is 22.9 Å². The van der Waals surface area contributed by atoms with Gasteiger partial charge >= 0.3 is 6.03 Å². The first kappa shape index (κ1) is 12.8. The Morgan fingerprint density at radius 2 is 2.33 bits per heavy atom. The molecule has 1 aromatic heterocycles. The summed E-state index contributed by atoms with van der Waals surface area (Å²) in [5, 5.41) is 4.71. The van der Waals surface area contributed by atoms with Gasteiger partial charge < -0.3 is 10.6 Å². The minimum absolute atomic E-state index is 0.161. The van der Waals surface area contributed by atoms with E-state index in [2.05, 4.69) is 15.6 Å². The number of nitrogens with zero attached hydrogens (tertiary/aromatic N) is 1. The van der Waals surface area contributed by atoms with Crippen molar-refractivity contribution in [1.29, 1.82) is 0 Å². The molecule has 1 aliphatic heterocycles. The molecular weight excluding hydrogens is 254 g/mol. The molecule has 2 rings (SSSR count). The van der Waals surface area contributed by atoms with Crippen LogP contribution in [0.25, 0.3) is 0 Å². The molecule has 1 unspecified atom stereocenters. The lowest BCUT2D eigenvalue weighted by Gasteiger charge is -2.11. The lowest BCUT2D eigenvalue weighted by molar-refractivity contribution is 0.252. The van der Waals surface area contributed by atoms with Gasteiger partial charge in [-0.25, -0.2) is 13.2 Å². The Morgan fingerprint density at radius 3 is 2.94 bits per heavy atom. The van der Waals surface area contributed by atoms with Crippen LogP contribution in [0.3, 0.4) is 0 Å². The summed E-state index contributed by atoms with van der Waals surface area (Å²) in [4.78, 5) is 15.4. The first-order valence-electron chi connectivity index (χ1n) is 5.74. The minimum atomic E-state index is -3.01. The summed E-state index contributed by atoms with van der Waals surface area (Å²) in [6.45, 7) is 0.161. The van der Waals surface area contributed by atoms with Crippen LogP contribution in [0, 0.1) is 0 Å². The molecule has 0 spiro atoms. The monoisotopic (exact) mass is 269 g/mol. The predicted octanol–water partition coefficient (Wildman–Crippen LogP) is 0.780. The second kappa shape index (κ2) is 5.34. The van der Waals surface area contributed by atoms with Crippen LogP contribution in [0.2, 0.25) is 0 Å². The first-order chi connectivity index (χ1) is 8.58. The van der Waals surface area contributed by atoms with E-state index in [9.17, 15) is 13.2 Å². The van der Waals surface area contributed by atoms with E-state index in [0.717, 1.165) is 0 Å². The maximum atomic E-state index is 11.6. The smallest absolute Gasteiger partial charge is 0.319 e. The predicted molar refractivity (Wildman–Crippen MR) is 68.1 cm³/mol. The van der Waals surface area contributed by atoms with Crippen molar-refractivity contribution in [3.63, 3.8) is 0 Å². The zero-order chi connectivity index (χ0) is 13.0. The average molecular weight is 269 g/mol. The highest BCUT2D eigenvalue weighted by atomic mass is 32.2. The van der Waals surface area contributed by atoms with Crippen molar-refractivity contribution in [1.82, 2.24) is 10.3 Å². The van der Waals surface area contributed by atoms with Gasteiger partial charge in [0.25, 0.3) is 0 Å². The SMILES string of the molecule is O=C(NCC1CCCS1(=O)=O)Nc1cccnc1. The molecule has 18 heavy (non-hydrogen) atoms. The normalized spacial score (nSPS) is 21.4. The van der Waals surface area contributed by atoms with E-state index in [4.69, 9.17) is 0 Å². The van der Waals surface area contributed by atoms with Crippen LogP contribution in [-0.4, -0.2) is 37.0 Å². The highest BCUT2D eigenvalue weighted by molar-refractivity contribution is 7.92. The van der Waals surface area contributed by atoms with Crippen LogP contribution >= 0.6 is 0 Å². The van der Waals surface area contributed by atoms with Gasteiger partial charge in [-0.05, 0) is 25.0 Å². The van der Waals surface area contributed by atoms with Gasteiger partial charge in [-0.1, -0.05) is 0 Å². The van der Waals surface area contributed by atoms with E-state index >= 15 is 0 Å². The van der Waals surface area contributed by atoms with Crippen molar-refractivity contribution < 1.29 is 13.2 Å². The highest BCUT2D eigenvalue weighted by Gasteiger charge is 2.31. The number of urea groups is 1. The average Bonchev–Trinajstić information content (AvgIpc) is 2.67. The summed E-state index contributed by atoms with van der Waals surface area (Å²) in [6.07, 6.45) is 4.43. The third-order valence-corrected chi connectivity index (χ3v) is 5.15. The number of nitrogens with one attached hydrogen (secondary N) is 2. The summed E-state index contributed by atoms with van der Waals surface area (Å²) in [5.41, 5.74) is 0.573. The Kier molecular flexibility index (Phi) is 3.81. The molecule has 0 bridgehead atoms. The molecule has 98 valence electrons. The lowest BCUT2D eigenvalue weighted by Crippen LogP contribution is -2.37. The summed E-state index contributed by atoms with van der Waals surface area (Å²) in [7, 11) is -3.01. The molecule has 2 heterocycles. The molecule has 7 heteroatoms. The quantitative estimate of drug-likeness (QED) is 0.848. The van der Waals surface area contributed by atoms with Gasteiger partial charge in [0.2, 0.25) is 0 Å². The molecule has 1 fully saturated rings. The second-order valence-corrected chi connectivity index (χ2v) is 6.61. The summed E-state index contributed by atoms with van der Waals surface area (Å²) >= 11 is 0. The molecule has 1 aliphatic rings. The van der Waals surface area contributed by atoms with Gasteiger partial charge in [-0.2, -0.15) is 0 Å². The number of carbonyl (C=O) groups excluding carboxylic acids is 1. The minimum Gasteiger partial charge on any atom is -0.337 e. The Balaban J connectivity index is 1.82. The Morgan fingerprint density at radius 1 is 1.50 bits per heavy atom. The van der Waals surface area contributed by atoms with Crippen LogP contribution in [0.4, 0.5) is 10.5 Å². The zero-order valence-electron chi connectivity index (χ0n) is 9.80. The fraction of sp³-hybridized carbons (Fsp3) is 0.455. The fourth-order valence-corrected chi connectivity index (χ4v) is 3.67. The van der Waals surface area contributed by atoms with Crippen molar-refractivity contribution in [3.05, 3.63) is 24.5 Å². The highest BCUT2D eigenvalue weighted by Crippen LogP contribution is 2.18. The van der Waals surface area contributed by atoms with E-state index in [1.807, 2.05) is 0 Å². The summed E-state index contributed by atoms with van der Waals surface area (Å²) in [5.74, 6) is 0.226. The molecule has 0 saturated carbocycles. The van der Waals surface area contributed by atoms with Crippen molar-refractivity contribution in [2.24, 2.45) is 0 Å². The molecule has 0 aliphatic carbocycles. The molecule has 1 saturated heterocycles. The number of aromatic nitrogens is 1. The lowest BCUT2D eigenvalue weighted by atomic mass is 10.2. The van der Waals surface area contributed by atoms with Crippen molar-refractivity contribution >= 4 is 21.6 Å². The second-order valence-electron chi connectivity index (χ2n) is 4.21. The number of anilines is 1. The van der Waals surface area contributed by atoms with Gasteiger partial charge in [-0.3, -0.25) is 4.98 Å². The number of rotatable bonds is 3. The largest absolute Gasteiger partial charge is 0.337 e. The Bertz CT molecular complexity index is 516. The Hall–Kier alpha value is -1.63. The van der Waals surface area contributed by atoms with Crippen LogP contribution < -0.4 is 10.6 Å². The number of sulfone groups is 1. The maximum Gasteiger partial charge on any atom is 0.319 e. The van der Waals surface area contributed by atoms with Crippen molar-refractivity contribution in [2.45, 2.75) is 18.1 Å². The molecule has 2 amide bonds. The molecule has 1 atom stereocenters. The van der Waals surface area contributed by atoms with Crippen molar-refractivity contribution in [2.75, 3.05) is 17.6 Å².